The molecule has 1 heterocycles. The lowest BCUT2D eigenvalue weighted by Crippen LogP contribution is -2.59. The molecule has 0 aromatic carbocycles. The van der Waals surface area contributed by atoms with Crippen LogP contribution < -0.4 is 0 Å². The molecule has 0 aromatic heterocycles. The molecule has 0 saturated carbocycles. The molecular weight excluding hydrogens is 208 g/mol. The number of amides is 2. The molecular formula is C7H10N2O6. The Hall–Kier alpha value is -1.99. The molecule has 0 radical (unpaired) electrons. The molecule has 0 unspecified atom stereocenters. The Labute approximate surface area is 84.3 Å². The van der Waals surface area contributed by atoms with Gasteiger partial charge in [0.05, 0.1) is 0 Å². The fraction of sp³-hybridized carbons (Fsp3) is 0.571. The summed E-state index contributed by atoms with van der Waals surface area (Å²) in [6.07, 6.45) is -2.61. The number of rotatable bonds is 1. The fourth-order valence-corrected chi connectivity index (χ4v) is 1.49. The highest BCUT2D eigenvalue weighted by atomic mass is 16.4. The van der Waals surface area contributed by atoms with Crippen molar-refractivity contribution in [3.8, 4) is 0 Å². The second-order valence-corrected chi connectivity index (χ2v) is 3.03. The van der Waals surface area contributed by atoms with Crippen molar-refractivity contribution in [2.24, 2.45) is 0 Å². The highest BCUT2D eigenvalue weighted by Gasteiger charge is 2.39. The molecule has 8 nitrogen and oxygen atoms in total. The summed E-state index contributed by atoms with van der Waals surface area (Å²) in [7, 11) is 0. The van der Waals surface area contributed by atoms with Crippen LogP contribution in [0, 0.1) is 0 Å². The van der Waals surface area contributed by atoms with E-state index in [1.165, 1.54) is 0 Å². The molecule has 15 heavy (non-hydrogen) atoms. The van der Waals surface area contributed by atoms with Gasteiger partial charge >= 0.3 is 18.2 Å². The number of carboxylic acids is 1. The van der Waals surface area contributed by atoms with Gasteiger partial charge in [-0.15, -0.1) is 0 Å². The Kier molecular flexibility index (Phi) is 2.98. The van der Waals surface area contributed by atoms with E-state index in [1.807, 2.05) is 0 Å². The van der Waals surface area contributed by atoms with Crippen molar-refractivity contribution in [1.29, 1.82) is 0 Å². The van der Waals surface area contributed by atoms with Gasteiger partial charge in [0.15, 0.2) is 6.04 Å². The molecule has 1 aliphatic rings. The van der Waals surface area contributed by atoms with Crippen molar-refractivity contribution in [2.75, 3.05) is 6.54 Å². The van der Waals surface area contributed by atoms with Crippen LogP contribution in [-0.2, 0) is 4.79 Å². The van der Waals surface area contributed by atoms with Crippen LogP contribution in [0.25, 0.3) is 0 Å². The lowest BCUT2D eigenvalue weighted by Gasteiger charge is -2.38. The fourth-order valence-electron chi connectivity index (χ4n) is 1.49. The Morgan fingerprint density at radius 2 is 1.67 bits per heavy atom. The highest BCUT2D eigenvalue weighted by molar-refractivity contribution is 5.81. The van der Waals surface area contributed by atoms with Gasteiger partial charge in [-0.25, -0.2) is 19.4 Å². The van der Waals surface area contributed by atoms with Gasteiger partial charge in [0, 0.05) is 6.54 Å². The minimum Gasteiger partial charge on any atom is -0.480 e. The Morgan fingerprint density at radius 3 is 2.07 bits per heavy atom. The minimum absolute atomic E-state index is 0.00852. The number of carboxylic acid groups (broad SMARTS) is 3. The average Bonchev–Trinajstić information content (AvgIpc) is 2.16. The van der Waals surface area contributed by atoms with Crippen LogP contribution in [0.1, 0.15) is 12.8 Å². The van der Waals surface area contributed by atoms with Crippen LogP contribution in [0.4, 0.5) is 9.59 Å². The van der Waals surface area contributed by atoms with Crippen molar-refractivity contribution in [3.05, 3.63) is 0 Å². The Morgan fingerprint density at radius 1 is 1.07 bits per heavy atom. The van der Waals surface area contributed by atoms with Gasteiger partial charge in [-0.05, 0) is 12.8 Å². The quantitative estimate of drug-likeness (QED) is 0.574. The summed E-state index contributed by atoms with van der Waals surface area (Å²) in [4.78, 5) is 32.1. The largest absolute Gasteiger partial charge is 0.480 e. The molecule has 84 valence electrons. The third kappa shape index (κ3) is 2.09. The van der Waals surface area contributed by atoms with Crippen LogP contribution in [0.3, 0.4) is 0 Å². The van der Waals surface area contributed by atoms with Crippen LogP contribution >= 0.6 is 0 Å². The number of aliphatic carboxylic acids is 1. The molecule has 1 saturated heterocycles. The van der Waals surface area contributed by atoms with Gasteiger partial charge in [-0.3, -0.25) is 0 Å². The van der Waals surface area contributed by atoms with E-state index in [2.05, 4.69) is 0 Å². The molecule has 1 atom stereocenters. The van der Waals surface area contributed by atoms with Crippen molar-refractivity contribution in [3.63, 3.8) is 0 Å². The van der Waals surface area contributed by atoms with Gasteiger partial charge in [-0.2, -0.15) is 5.01 Å². The summed E-state index contributed by atoms with van der Waals surface area (Å²) < 4.78 is 0. The normalized spacial score (nSPS) is 21.2. The zero-order valence-electron chi connectivity index (χ0n) is 7.66. The molecule has 0 bridgehead atoms. The standard InChI is InChI=1S/C7H10N2O6/c10-5(11)4-2-1-3-8(6(12)13)9(4)7(14)15/h4H,1-3H2,(H,10,11)(H,12,13)(H,14,15)/t4-/m0/s1. The molecule has 3 N–H and O–H groups in total. The Bertz CT molecular complexity index is 282. The zero-order valence-corrected chi connectivity index (χ0v) is 7.66. The number of hydrogen-bond donors (Lipinski definition) is 3. The molecule has 1 rings (SSSR count). The summed E-state index contributed by atoms with van der Waals surface area (Å²) in [5.41, 5.74) is 0. The van der Waals surface area contributed by atoms with Gasteiger partial charge in [0.1, 0.15) is 0 Å². The van der Waals surface area contributed by atoms with E-state index in [0.29, 0.717) is 16.4 Å². The first-order chi connectivity index (χ1) is 6.95. The highest BCUT2D eigenvalue weighted by Crippen LogP contribution is 2.18. The van der Waals surface area contributed by atoms with E-state index in [0.717, 1.165) is 0 Å². The van der Waals surface area contributed by atoms with E-state index >= 15 is 0 Å². The number of nitrogens with zero attached hydrogens (tertiary/aromatic N) is 2. The monoisotopic (exact) mass is 218 g/mol. The molecule has 1 fully saturated rings. The van der Waals surface area contributed by atoms with Gasteiger partial charge in [0.25, 0.3) is 0 Å². The van der Waals surface area contributed by atoms with E-state index in [4.69, 9.17) is 15.3 Å². The summed E-state index contributed by atoms with van der Waals surface area (Å²) in [5.74, 6) is -1.34. The van der Waals surface area contributed by atoms with Crippen LogP contribution in [0.15, 0.2) is 0 Å². The topological polar surface area (TPSA) is 118 Å². The zero-order chi connectivity index (χ0) is 11.6. The maximum absolute atomic E-state index is 10.7. The van der Waals surface area contributed by atoms with E-state index in [-0.39, 0.29) is 13.0 Å². The van der Waals surface area contributed by atoms with E-state index in [9.17, 15) is 14.4 Å². The smallest absolute Gasteiger partial charge is 0.427 e. The number of hydrogen-bond acceptors (Lipinski definition) is 3. The first kappa shape index (κ1) is 11.1. The van der Waals surface area contributed by atoms with E-state index in [1.54, 1.807) is 0 Å². The van der Waals surface area contributed by atoms with Crippen LogP contribution in [0.5, 0.6) is 0 Å². The van der Waals surface area contributed by atoms with Gasteiger partial charge < -0.3 is 15.3 Å². The van der Waals surface area contributed by atoms with Crippen LogP contribution in [0.2, 0.25) is 0 Å². The molecule has 1 aliphatic heterocycles. The van der Waals surface area contributed by atoms with Crippen LogP contribution in [-0.4, -0.2) is 56.1 Å². The third-order valence-electron chi connectivity index (χ3n) is 2.10. The second kappa shape index (κ2) is 4.03. The van der Waals surface area contributed by atoms with Crippen molar-refractivity contribution >= 4 is 18.2 Å². The summed E-state index contributed by atoms with van der Waals surface area (Å²) in [6.45, 7) is -0.00852. The lowest BCUT2D eigenvalue weighted by molar-refractivity contribution is -0.151. The number of hydrazine groups is 1. The average molecular weight is 218 g/mol. The van der Waals surface area contributed by atoms with Crippen molar-refractivity contribution in [2.45, 2.75) is 18.9 Å². The number of carbonyl (C=O) groups is 3. The molecule has 0 aromatic rings. The molecule has 0 aliphatic carbocycles. The van der Waals surface area contributed by atoms with Crippen molar-refractivity contribution < 1.29 is 29.7 Å². The summed E-state index contributed by atoms with van der Waals surface area (Å²) in [5, 5.41) is 27.0. The Balaban J connectivity index is 2.95. The summed E-state index contributed by atoms with van der Waals surface area (Å²) >= 11 is 0. The second-order valence-electron chi connectivity index (χ2n) is 3.03. The predicted octanol–water partition coefficient (Wildman–Crippen LogP) is 0.108. The lowest BCUT2D eigenvalue weighted by atomic mass is 10.1. The van der Waals surface area contributed by atoms with Gasteiger partial charge in [0.2, 0.25) is 0 Å². The predicted molar refractivity (Wildman–Crippen MR) is 45.3 cm³/mol. The maximum Gasteiger partial charge on any atom is 0.427 e. The summed E-state index contributed by atoms with van der Waals surface area (Å²) in [6, 6.07) is -1.33. The maximum atomic E-state index is 10.7. The van der Waals surface area contributed by atoms with Crippen molar-refractivity contribution in [1.82, 2.24) is 10.0 Å². The third-order valence-corrected chi connectivity index (χ3v) is 2.10. The molecule has 2 amide bonds. The first-order valence-electron chi connectivity index (χ1n) is 4.20. The molecule has 0 spiro atoms. The minimum atomic E-state index is -1.58. The van der Waals surface area contributed by atoms with E-state index < -0.39 is 24.2 Å². The van der Waals surface area contributed by atoms with Gasteiger partial charge in [-0.1, -0.05) is 0 Å². The molecule has 8 heteroatoms. The SMILES string of the molecule is O=C(O)[C@@H]1CCCN(C(=O)O)N1C(=O)O. The first-order valence-corrected chi connectivity index (χ1v) is 4.20.